The number of nitrogens with zero attached hydrogens (tertiary/aromatic N) is 2. The lowest BCUT2D eigenvalue weighted by Crippen LogP contribution is -2.49. The van der Waals surface area contributed by atoms with Gasteiger partial charge in [0.15, 0.2) is 0 Å². The monoisotopic (exact) mass is 432 g/mol. The van der Waals surface area contributed by atoms with Gasteiger partial charge in [0.2, 0.25) is 0 Å². The molecular weight excluding hydrogens is 404 g/mol. The Morgan fingerprint density at radius 1 is 0.871 bits per heavy atom. The van der Waals surface area contributed by atoms with E-state index in [0.29, 0.717) is 19.7 Å². The average Bonchev–Trinajstić information content (AvgIpc) is 2.80. The second-order valence-electron chi connectivity index (χ2n) is 7.85. The first-order chi connectivity index (χ1) is 15.1. The predicted molar refractivity (Wildman–Crippen MR) is 127 cm³/mol. The van der Waals surface area contributed by atoms with Gasteiger partial charge in [-0.05, 0) is 43.2 Å². The number of hydrogen-bond donors (Lipinski definition) is 0. The highest BCUT2D eigenvalue weighted by Gasteiger charge is 2.23. The Morgan fingerprint density at radius 3 is 2.32 bits per heavy atom. The van der Waals surface area contributed by atoms with Crippen molar-refractivity contribution in [3.8, 4) is 0 Å². The third kappa shape index (κ3) is 5.42. The highest BCUT2D eigenvalue weighted by atomic mass is 32.2. The normalized spacial score (nSPS) is 13.9. The minimum absolute atomic E-state index is 0.235. The molecular formula is C26H28N2O2S. The van der Waals surface area contributed by atoms with Crippen LogP contribution in [0.1, 0.15) is 16.7 Å². The van der Waals surface area contributed by atoms with Crippen molar-refractivity contribution in [1.29, 1.82) is 0 Å². The van der Waals surface area contributed by atoms with Gasteiger partial charge >= 0.3 is 6.09 Å². The second kappa shape index (κ2) is 9.92. The molecule has 1 aliphatic rings. The molecule has 0 radical (unpaired) electrons. The first kappa shape index (κ1) is 21.3. The standard InChI is InChI=1S/C26H28N2O2S/c1-20-12-13-24(21(2)18-20)31-25-11-7-6-10-23(25)27-14-16-28(17-15-27)26(29)30-19-22-8-4-3-5-9-22/h3-13,18H,14-17,19H2,1-2H3. The van der Waals surface area contributed by atoms with Gasteiger partial charge in [0, 0.05) is 36.0 Å². The van der Waals surface area contributed by atoms with Crippen LogP contribution in [-0.2, 0) is 11.3 Å². The minimum Gasteiger partial charge on any atom is -0.445 e. The molecule has 1 heterocycles. The van der Waals surface area contributed by atoms with E-state index in [1.165, 1.54) is 26.6 Å². The number of carbonyl (C=O) groups is 1. The quantitative estimate of drug-likeness (QED) is 0.501. The largest absolute Gasteiger partial charge is 0.445 e. The fraction of sp³-hybridized carbons (Fsp3) is 0.269. The van der Waals surface area contributed by atoms with E-state index in [1.54, 1.807) is 4.90 Å². The van der Waals surface area contributed by atoms with E-state index >= 15 is 0 Å². The van der Waals surface area contributed by atoms with Crippen LogP contribution in [0, 0.1) is 13.8 Å². The Morgan fingerprint density at radius 2 is 1.58 bits per heavy atom. The van der Waals surface area contributed by atoms with E-state index in [0.717, 1.165) is 18.7 Å². The van der Waals surface area contributed by atoms with Crippen molar-refractivity contribution >= 4 is 23.5 Å². The molecule has 3 aromatic carbocycles. The van der Waals surface area contributed by atoms with Gasteiger partial charge in [0.05, 0.1) is 5.69 Å². The smallest absolute Gasteiger partial charge is 0.410 e. The van der Waals surface area contributed by atoms with E-state index in [4.69, 9.17) is 4.74 Å². The number of ether oxygens (including phenoxy) is 1. The van der Waals surface area contributed by atoms with Gasteiger partial charge in [0.25, 0.3) is 0 Å². The topological polar surface area (TPSA) is 32.8 Å². The maximum Gasteiger partial charge on any atom is 0.410 e. The predicted octanol–water partition coefficient (Wildman–Crippen LogP) is 5.91. The average molecular weight is 433 g/mol. The molecule has 0 N–H and O–H groups in total. The zero-order valence-corrected chi connectivity index (χ0v) is 18.9. The number of amides is 1. The Kier molecular flexibility index (Phi) is 6.82. The molecule has 0 spiro atoms. The summed E-state index contributed by atoms with van der Waals surface area (Å²) in [6, 6.07) is 24.9. The van der Waals surface area contributed by atoms with Crippen molar-refractivity contribution in [1.82, 2.24) is 4.90 Å². The number of aryl methyl sites for hydroxylation is 2. The summed E-state index contributed by atoms with van der Waals surface area (Å²) < 4.78 is 5.50. The highest BCUT2D eigenvalue weighted by molar-refractivity contribution is 7.99. The van der Waals surface area contributed by atoms with E-state index in [2.05, 4.69) is 61.2 Å². The minimum atomic E-state index is -0.235. The molecule has 31 heavy (non-hydrogen) atoms. The van der Waals surface area contributed by atoms with Gasteiger partial charge < -0.3 is 14.5 Å². The summed E-state index contributed by atoms with van der Waals surface area (Å²) in [5.74, 6) is 0. The summed E-state index contributed by atoms with van der Waals surface area (Å²) in [4.78, 5) is 19.2. The van der Waals surface area contributed by atoms with E-state index < -0.39 is 0 Å². The third-order valence-corrected chi connectivity index (χ3v) is 6.74. The van der Waals surface area contributed by atoms with Crippen LogP contribution in [0.3, 0.4) is 0 Å². The third-order valence-electron chi connectivity index (χ3n) is 5.50. The van der Waals surface area contributed by atoms with Crippen molar-refractivity contribution < 1.29 is 9.53 Å². The molecule has 1 aliphatic heterocycles. The summed E-state index contributed by atoms with van der Waals surface area (Å²) in [7, 11) is 0. The molecule has 1 saturated heterocycles. The van der Waals surface area contributed by atoms with Gasteiger partial charge in [0.1, 0.15) is 6.61 Å². The molecule has 4 nitrogen and oxygen atoms in total. The van der Waals surface area contributed by atoms with Crippen LogP contribution in [0.4, 0.5) is 10.5 Å². The molecule has 1 amide bonds. The molecule has 0 bridgehead atoms. The van der Waals surface area contributed by atoms with Crippen LogP contribution < -0.4 is 4.90 Å². The van der Waals surface area contributed by atoms with Crippen molar-refractivity contribution in [3.63, 3.8) is 0 Å². The van der Waals surface area contributed by atoms with Crippen LogP contribution in [0.5, 0.6) is 0 Å². The number of para-hydroxylation sites is 1. The van der Waals surface area contributed by atoms with Gasteiger partial charge in [-0.1, -0.05) is 71.9 Å². The number of hydrogen-bond acceptors (Lipinski definition) is 4. The summed E-state index contributed by atoms with van der Waals surface area (Å²) in [5, 5.41) is 0. The fourth-order valence-electron chi connectivity index (χ4n) is 3.78. The summed E-state index contributed by atoms with van der Waals surface area (Å²) in [5.41, 5.74) is 4.81. The molecule has 0 aromatic heterocycles. The lowest BCUT2D eigenvalue weighted by atomic mass is 10.2. The van der Waals surface area contributed by atoms with E-state index in [9.17, 15) is 4.79 Å². The van der Waals surface area contributed by atoms with Crippen LogP contribution in [0.2, 0.25) is 0 Å². The number of anilines is 1. The van der Waals surface area contributed by atoms with E-state index in [-0.39, 0.29) is 6.09 Å². The number of carbonyl (C=O) groups excluding carboxylic acids is 1. The number of rotatable bonds is 5. The van der Waals surface area contributed by atoms with Crippen LogP contribution >= 0.6 is 11.8 Å². The van der Waals surface area contributed by atoms with Crippen molar-refractivity contribution in [3.05, 3.63) is 89.5 Å². The molecule has 0 aliphatic carbocycles. The molecule has 160 valence electrons. The Hall–Kier alpha value is -2.92. The van der Waals surface area contributed by atoms with Crippen LogP contribution in [0.25, 0.3) is 0 Å². The van der Waals surface area contributed by atoms with E-state index in [1.807, 2.05) is 42.1 Å². The van der Waals surface area contributed by atoms with Crippen molar-refractivity contribution in [2.45, 2.75) is 30.2 Å². The zero-order valence-electron chi connectivity index (χ0n) is 18.1. The van der Waals surface area contributed by atoms with Crippen LogP contribution in [0.15, 0.2) is 82.6 Å². The number of piperazine rings is 1. The Bertz CT molecular complexity index is 1030. The molecule has 5 heteroatoms. The molecule has 3 aromatic rings. The number of benzene rings is 3. The zero-order chi connectivity index (χ0) is 21.6. The maximum atomic E-state index is 12.5. The first-order valence-corrected chi connectivity index (χ1v) is 11.5. The van der Waals surface area contributed by atoms with Crippen molar-refractivity contribution in [2.24, 2.45) is 0 Å². The summed E-state index contributed by atoms with van der Waals surface area (Å²) in [6.45, 7) is 7.52. The molecule has 0 unspecified atom stereocenters. The molecule has 0 atom stereocenters. The summed E-state index contributed by atoms with van der Waals surface area (Å²) >= 11 is 1.81. The van der Waals surface area contributed by atoms with Gasteiger partial charge in [-0.2, -0.15) is 0 Å². The first-order valence-electron chi connectivity index (χ1n) is 10.6. The molecule has 1 fully saturated rings. The Balaban J connectivity index is 1.37. The Labute approximate surface area is 188 Å². The molecule has 4 rings (SSSR count). The lowest BCUT2D eigenvalue weighted by molar-refractivity contribution is 0.0941. The van der Waals surface area contributed by atoms with Crippen LogP contribution in [-0.4, -0.2) is 37.2 Å². The molecule has 0 saturated carbocycles. The lowest BCUT2D eigenvalue weighted by Gasteiger charge is -2.36. The summed E-state index contributed by atoms with van der Waals surface area (Å²) in [6.07, 6.45) is -0.235. The van der Waals surface area contributed by atoms with Gasteiger partial charge in [-0.3, -0.25) is 0 Å². The van der Waals surface area contributed by atoms with Crippen molar-refractivity contribution in [2.75, 3.05) is 31.1 Å². The SMILES string of the molecule is Cc1ccc(Sc2ccccc2N2CCN(C(=O)OCc3ccccc3)CC2)c(C)c1. The fourth-order valence-corrected chi connectivity index (χ4v) is 4.82. The van der Waals surface area contributed by atoms with Gasteiger partial charge in [-0.25, -0.2) is 4.79 Å². The van der Waals surface area contributed by atoms with Gasteiger partial charge in [-0.15, -0.1) is 0 Å². The maximum absolute atomic E-state index is 12.5. The second-order valence-corrected chi connectivity index (χ2v) is 8.94. The highest BCUT2D eigenvalue weighted by Crippen LogP contribution is 2.37.